The first kappa shape index (κ1) is 16.3. The maximum Gasteiger partial charge on any atom is 0.0104 e. The van der Waals surface area contributed by atoms with Crippen molar-refractivity contribution in [3.63, 3.8) is 0 Å². The minimum Gasteiger partial charge on any atom is -0.0627 e. The van der Waals surface area contributed by atoms with Crippen LogP contribution in [0.1, 0.15) is 88.0 Å². The molecule has 0 radical (unpaired) electrons. The molecule has 0 heterocycles. The van der Waals surface area contributed by atoms with Crippen LogP contribution in [0.3, 0.4) is 0 Å². The first-order valence-corrected chi connectivity index (χ1v) is 9.16. The predicted molar refractivity (Wildman–Crippen MR) is 101 cm³/mol. The van der Waals surface area contributed by atoms with Crippen LogP contribution >= 0.6 is 0 Å². The summed E-state index contributed by atoms with van der Waals surface area (Å²) in [6.07, 6.45) is 1.24. The Balaban J connectivity index is 2.15. The molecule has 1 aliphatic carbocycles. The third-order valence-corrected chi connectivity index (χ3v) is 5.23. The summed E-state index contributed by atoms with van der Waals surface area (Å²) in [5.41, 5.74) is 8.97. The van der Waals surface area contributed by atoms with E-state index in [1.54, 1.807) is 11.1 Å². The molecule has 122 valence electrons. The summed E-state index contributed by atoms with van der Waals surface area (Å²) in [5, 5.41) is 0. The smallest absolute Gasteiger partial charge is 0.0104 e. The van der Waals surface area contributed by atoms with E-state index < -0.39 is 0 Å². The largest absolute Gasteiger partial charge is 0.0627 e. The first-order chi connectivity index (χ1) is 10.9. The normalized spacial score (nSPS) is 14.0. The van der Waals surface area contributed by atoms with E-state index in [2.05, 4.69) is 77.9 Å². The number of hydrogen-bond donors (Lipinski definition) is 0. The molecule has 0 spiro atoms. The van der Waals surface area contributed by atoms with Gasteiger partial charge in [-0.15, -0.1) is 0 Å². The van der Waals surface area contributed by atoms with Gasteiger partial charge >= 0.3 is 0 Å². The Kier molecular flexibility index (Phi) is 4.36. The Morgan fingerprint density at radius 1 is 0.696 bits per heavy atom. The zero-order chi connectivity index (χ0) is 16.7. The molecular weight excluding hydrogens is 276 g/mol. The molecule has 0 unspecified atom stereocenters. The average molecular weight is 306 g/mol. The van der Waals surface area contributed by atoms with E-state index in [0.717, 1.165) is 0 Å². The van der Waals surface area contributed by atoms with Gasteiger partial charge in [0.25, 0.3) is 0 Å². The third kappa shape index (κ3) is 2.96. The van der Waals surface area contributed by atoms with Gasteiger partial charge in [0.05, 0.1) is 0 Å². The maximum atomic E-state index is 2.47. The quantitative estimate of drug-likeness (QED) is 0.565. The molecule has 2 aromatic rings. The molecule has 0 atom stereocenters. The van der Waals surface area contributed by atoms with Crippen molar-refractivity contribution in [3.05, 3.63) is 58.7 Å². The van der Waals surface area contributed by atoms with E-state index in [0.29, 0.717) is 23.7 Å². The zero-order valence-corrected chi connectivity index (χ0v) is 15.5. The van der Waals surface area contributed by atoms with E-state index in [1.165, 1.54) is 28.7 Å². The van der Waals surface area contributed by atoms with Gasteiger partial charge in [-0.05, 0) is 57.6 Å². The molecule has 0 aliphatic heterocycles. The average Bonchev–Trinajstić information content (AvgIpc) is 2.79. The lowest BCUT2D eigenvalue weighted by Crippen LogP contribution is -2.03. The highest BCUT2D eigenvalue weighted by Gasteiger charge is 2.29. The van der Waals surface area contributed by atoms with E-state index in [9.17, 15) is 0 Å². The fourth-order valence-corrected chi connectivity index (χ4v) is 3.84. The summed E-state index contributed by atoms with van der Waals surface area (Å²) in [4.78, 5) is 0. The van der Waals surface area contributed by atoms with Crippen molar-refractivity contribution >= 4 is 0 Å². The lowest BCUT2D eigenvalue weighted by molar-refractivity contribution is 0.546. The molecule has 0 bridgehead atoms. The fraction of sp³-hybridized carbons (Fsp3) is 0.478. The van der Waals surface area contributed by atoms with Crippen LogP contribution in [0.2, 0.25) is 0 Å². The second-order valence-corrected chi connectivity index (χ2v) is 8.18. The van der Waals surface area contributed by atoms with Gasteiger partial charge in [0.2, 0.25) is 0 Å². The molecule has 2 aromatic carbocycles. The highest BCUT2D eigenvalue weighted by atomic mass is 14.3. The lowest BCUT2D eigenvalue weighted by atomic mass is 9.86. The molecule has 0 heteroatoms. The molecule has 0 aromatic heterocycles. The lowest BCUT2D eigenvalue weighted by Gasteiger charge is -2.18. The van der Waals surface area contributed by atoms with Gasteiger partial charge in [-0.1, -0.05) is 77.9 Å². The molecule has 1 aliphatic rings. The van der Waals surface area contributed by atoms with Crippen LogP contribution in [0.5, 0.6) is 0 Å². The van der Waals surface area contributed by atoms with Crippen molar-refractivity contribution in [2.75, 3.05) is 0 Å². The second kappa shape index (κ2) is 6.15. The Morgan fingerprint density at radius 2 is 1.13 bits per heavy atom. The molecule has 0 amide bonds. The van der Waals surface area contributed by atoms with Gasteiger partial charge in [0, 0.05) is 5.92 Å². The van der Waals surface area contributed by atoms with Crippen LogP contribution in [-0.2, 0) is 0 Å². The van der Waals surface area contributed by atoms with E-state index >= 15 is 0 Å². The van der Waals surface area contributed by atoms with E-state index in [-0.39, 0.29) is 0 Å². The van der Waals surface area contributed by atoms with E-state index in [1.807, 2.05) is 0 Å². The van der Waals surface area contributed by atoms with Crippen molar-refractivity contribution < 1.29 is 0 Å². The van der Waals surface area contributed by atoms with Gasteiger partial charge < -0.3 is 0 Å². The third-order valence-electron chi connectivity index (χ3n) is 5.23. The van der Waals surface area contributed by atoms with Gasteiger partial charge in [0.1, 0.15) is 0 Å². The Bertz CT molecular complexity index is 646. The van der Waals surface area contributed by atoms with Gasteiger partial charge in [-0.25, -0.2) is 0 Å². The van der Waals surface area contributed by atoms with Crippen LogP contribution in [0.15, 0.2) is 36.4 Å². The van der Waals surface area contributed by atoms with Crippen LogP contribution in [-0.4, -0.2) is 0 Å². The van der Waals surface area contributed by atoms with Gasteiger partial charge in [-0.2, -0.15) is 0 Å². The minimum atomic E-state index is 0.567. The summed E-state index contributed by atoms with van der Waals surface area (Å²) in [6.45, 7) is 13.8. The summed E-state index contributed by atoms with van der Waals surface area (Å²) in [5.74, 6) is 2.46. The monoisotopic (exact) mass is 306 g/mol. The summed E-state index contributed by atoms with van der Waals surface area (Å²) in [6, 6.07) is 14.3. The molecule has 3 rings (SSSR count). The van der Waals surface area contributed by atoms with Crippen molar-refractivity contribution in [2.24, 2.45) is 5.92 Å². The Hall–Kier alpha value is -1.56. The number of fused-ring (bicyclic) bond motifs is 3. The zero-order valence-electron chi connectivity index (χ0n) is 15.5. The second-order valence-electron chi connectivity index (χ2n) is 8.18. The highest BCUT2D eigenvalue weighted by Crippen LogP contribution is 2.48. The predicted octanol–water partition coefficient (Wildman–Crippen LogP) is 7.09. The molecule has 23 heavy (non-hydrogen) atoms. The summed E-state index contributed by atoms with van der Waals surface area (Å²) >= 11 is 0. The standard InChI is InChI=1S/C23H30/c1-14(2)11-21-22-12-17(15(3)4)7-9-19(22)20-10-8-18(16(5)6)13-23(20)21/h7-10,12-16,21H,11H2,1-6H3. The van der Waals surface area contributed by atoms with Crippen molar-refractivity contribution in [1.82, 2.24) is 0 Å². The van der Waals surface area contributed by atoms with Crippen LogP contribution < -0.4 is 0 Å². The summed E-state index contributed by atoms with van der Waals surface area (Å²) in [7, 11) is 0. The van der Waals surface area contributed by atoms with Crippen molar-refractivity contribution in [1.29, 1.82) is 0 Å². The van der Waals surface area contributed by atoms with Gasteiger partial charge in [0.15, 0.2) is 0 Å². The van der Waals surface area contributed by atoms with E-state index in [4.69, 9.17) is 0 Å². The Morgan fingerprint density at radius 3 is 1.48 bits per heavy atom. The molecule has 0 N–H and O–H groups in total. The SMILES string of the molecule is CC(C)CC1c2cc(C(C)C)ccc2-c2ccc(C(C)C)cc21. The van der Waals surface area contributed by atoms with Crippen LogP contribution in [0, 0.1) is 5.92 Å². The topological polar surface area (TPSA) is 0 Å². The number of benzene rings is 2. The molecule has 0 nitrogen and oxygen atoms in total. The highest BCUT2D eigenvalue weighted by molar-refractivity contribution is 5.79. The van der Waals surface area contributed by atoms with Crippen molar-refractivity contribution in [3.8, 4) is 11.1 Å². The van der Waals surface area contributed by atoms with Gasteiger partial charge in [-0.3, -0.25) is 0 Å². The minimum absolute atomic E-state index is 0.567. The maximum absolute atomic E-state index is 2.47. The molecular formula is C23H30. The van der Waals surface area contributed by atoms with Crippen molar-refractivity contribution in [2.45, 2.75) is 65.7 Å². The molecule has 0 saturated heterocycles. The number of rotatable bonds is 4. The van der Waals surface area contributed by atoms with Crippen LogP contribution in [0.4, 0.5) is 0 Å². The molecule has 0 fully saturated rings. The Labute approximate surface area is 141 Å². The summed E-state index contributed by atoms with van der Waals surface area (Å²) < 4.78 is 0. The molecule has 0 saturated carbocycles. The number of hydrogen-bond acceptors (Lipinski definition) is 0. The fourth-order valence-electron chi connectivity index (χ4n) is 3.84. The first-order valence-electron chi connectivity index (χ1n) is 9.16. The van der Waals surface area contributed by atoms with Crippen LogP contribution in [0.25, 0.3) is 11.1 Å².